The number of nitrogens with one attached hydrogen (secondary N) is 2. The molecular weight excluding hydrogens is 482 g/mol. The maximum Gasteiger partial charge on any atom is 0.264 e. The number of aromatic nitrogens is 5. The third kappa shape index (κ3) is 4.44. The van der Waals surface area contributed by atoms with Crippen LogP contribution in [0.25, 0.3) is 16.7 Å². The van der Waals surface area contributed by atoms with Gasteiger partial charge in [-0.05, 0) is 18.2 Å². The highest BCUT2D eigenvalue weighted by Gasteiger charge is 2.23. The molecule has 0 spiro atoms. The van der Waals surface area contributed by atoms with Gasteiger partial charge in [0.1, 0.15) is 34.4 Å². The first-order valence-corrected chi connectivity index (χ1v) is 12.0. The Morgan fingerprint density at radius 2 is 1.91 bits per heavy atom. The summed E-state index contributed by atoms with van der Waals surface area (Å²) in [6.07, 6.45) is 4.62. The SMILES string of the molecule is COc1ncc(-n2cc3c(N4CCNCC4)ncnc3n2)cc1NS(=O)(=O)c1ccc(F)cc1F. The molecule has 1 aliphatic rings. The molecule has 3 aromatic heterocycles. The second-order valence-corrected chi connectivity index (χ2v) is 9.33. The number of benzene rings is 1. The van der Waals surface area contributed by atoms with E-state index < -0.39 is 26.6 Å². The minimum atomic E-state index is -4.41. The molecule has 0 unspecified atom stereocenters. The third-order valence-electron chi connectivity index (χ3n) is 5.43. The summed E-state index contributed by atoms with van der Waals surface area (Å²) >= 11 is 0. The predicted octanol–water partition coefficient (Wildman–Crippen LogP) is 1.71. The molecule has 0 saturated carbocycles. The number of rotatable bonds is 6. The van der Waals surface area contributed by atoms with Gasteiger partial charge in [0.2, 0.25) is 5.88 Å². The predicted molar refractivity (Wildman–Crippen MR) is 123 cm³/mol. The standard InChI is InChI=1S/C21H20F2N8O3S/c1-34-21-17(29-35(32,33)18-3-2-13(22)8-16(18)23)9-14(10-25-21)31-11-15-19(28-31)26-12-27-20(15)30-6-4-24-5-7-30/h2-3,8-12,24,29H,4-7H2,1H3. The van der Waals surface area contributed by atoms with Crippen LogP contribution in [-0.2, 0) is 10.0 Å². The molecule has 14 heteroatoms. The first kappa shape index (κ1) is 22.9. The highest BCUT2D eigenvalue weighted by Crippen LogP contribution is 2.29. The van der Waals surface area contributed by atoms with E-state index in [0.717, 1.165) is 49.5 Å². The average molecular weight is 503 g/mol. The van der Waals surface area contributed by atoms with Gasteiger partial charge < -0.3 is 15.0 Å². The molecule has 0 bridgehead atoms. The Morgan fingerprint density at radius 1 is 1.11 bits per heavy atom. The monoisotopic (exact) mass is 502 g/mol. The van der Waals surface area contributed by atoms with Gasteiger partial charge in [-0.25, -0.2) is 36.8 Å². The Kier molecular flexibility index (Phi) is 5.90. The molecule has 0 atom stereocenters. The molecule has 1 aromatic carbocycles. The largest absolute Gasteiger partial charge is 0.479 e. The van der Waals surface area contributed by atoms with Crippen molar-refractivity contribution in [2.75, 3.05) is 42.9 Å². The van der Waals surface area contributed by atoms with Crippen molar-refractivity contribution in [1.82, 2.24) is 30.0 Å². The van der Waals surface area contributed by atoms with Crippen LogP contribution >= 0.6 is 0 Å². The topological polar surface area (TPSA) is 127 Å². The molecule has 2 N–H and O–H groups in total. The fourth-order valence-electron chi connectivity index (χ4n) is 3.78. The van der Waals surface area contributed by atoms with Crippen LogP contribution in [0.4, 0.5) is 20.3 Å². The number of ether oxygens (including phenoxy) is 1. The lowest BCUT2D eigenvalue weighted by Gasteiger charge is -2.28. The molecule has 11 nitrogen and oxygen atoms in total. The minimum Gasteiger partial charge on any atom is -0.479 e. The van der Waals surface area contributed by atoms with Crippen molar-refractivity contribution in [1.29, 1.82) is 0 Å². The summed E-state index contributed by atoms with van der Waals surface area (Å²) < 4.78 is 61.9. The van der Waals surface area contributed by atoms with Gasteiger partial charge in [0.15, 0.2) is 5.65 Å². The number of halogens is 2. The quantitative estimate of drug-likeness (QED) is 0.405. The lowest BCUT2D eigenvalue weighted by Crippen LogP contribution is -2.43. The third-order valence-corrected chi connectivity index (χ3v) is 6.83. The van der Waals surface area contributed by atoms with Crippen LogP contribution in [0.15, 0.2) is 47.9 Å². The Balaban J connectivity index is 1.52. The molecule has 4 heterocycles. The van der Waals surface area contributed by atoms with E-state index in [1.54, 1.807) is 6.20 Å². The summed E-state index contributed by atoms with van der Waals surface area (Å²) in [7, 11) is -3.10. The molecule has 35 heavy (non-hydrogen) atoms. The van der Waals surface area contributed by atoms with E-state index in [0.29, 0.717) is 17.4 Å². The van der Waals surface area contributed by atoms with Gasteiger partial charge in [0, 0.05) is 38.4 Å². The van der Waals surface area contributed by atoms with E-state index in [4.69, 9.17) is 4.74 Å². The van der Waals surface area contributed by atoms with Gasteiger partial charge in [-0.1, -0.05) is 0 Å². The summed E-state index contributed by atoms with van der Waals surface area (Å²) in [5.74, 6) is -1.41. The fourth-order valence-corrected chi connectivity index (χ4v) is 4.89. The first-order chi connectivity index (χ1) is 16.9. The van der Waals surface area contributed by atoms with Crippen molar-refractivity contribution in [3.8, 4) is 11.6 Å². The van der Waals surface area contributed by atoms with E-state index in [2.05, 4.69) is 35.0 Å². The van der Waals surface area contributed by atoms with Crippen LogP contribution in [-0.4, -0.2) is 66.4 Å². The van der Waals surface area contributed by atoms with Crippen LogP contribution in [0.1, 0.15) is 0 Å². The number of hydrogen-bond acceptors (Lipinski definition) is 9. The number of nitrogens with zero attached hydrogens (tertiary/aromatic N) is 6. The first-order valence-electron chi connectivity index (χ1n) is 10.5. The second-order valence-electron chi connectivity index (χ2n) is 7.68. The molecule has 1 saturated heterocycles. The molecule has 1 aliphatic heterocycles. The number of hydrogen-bond donors (Lipinski definition) is 2. The van der Waals surface area contributed by atoms with Gasteiger partial charge in [0.25, 0.3) is 10.0 Å². The summed E-state index contributed by atoms with van der Waals surface area (Å²) in [6, 6.07) is 3.63. The van der Waals surface area contributed by atoms with Crippen LogP contribution in [0.5, 0.6) is 5.88 Å². The highest BCUT2D eigenvalue weighted by atomic mass is 32.2. The molecule has 0 radical (unpaired) electrons. The lowest BCUT2D eigenvalue weighted by atomic mass is 10.3. The Hall–Kier alpha value is -3.91. The van der Waals surface area contributed by atoms with E-state index >= 15 is 0 Å². The van der Waals surface area contributed by atoms with Crippen molar-refractivity contribution in [2.45, 2.75) is 4.90 Å². The Bertz CT molecular complexity index is 1510. The maximum absolute atomic E-state index is 14.1. The van der Waals surface area contributed by atoms with E-state index in [9.17, 15) is 17.2 Å². The van der Waals surface area contributed by atoms with Gasteiger partial charge in [-0.2, -0.15) is 0 Å². The average Bonchev–Trinajstić information content (AvgIpc) is 3.28. The Labute approximate surface area is 198 Å². The normalized spacial score (nSPS) is 14.3. The molecule has 1 fully saturated rings. The van der Waals surface area contributed by atoms with Crippen molar-refractivity contribution >= 4 is 32.6 Å². The molecular formula is C21H20F2N8O3S. The summed E-state index contributed by atoms with van der Waals surface area (Å²) in [4.78, 5) is 14.2. The number of piperazine rings is 1. The van der Waals surface area contributed by atoms with Crippen LogP contribution in [0, 0.1) is 11.6 Å². The van der Waals surface area contributed by atoms with Gasteiger partial charge in [-0.3, -0.25) is 4.72 Å². The van der Waals surface area contributed by atoms with Crippen molar-refractivity contribution in [3.63, 3.8) is 0 Å². The van der Waals surface area contributed by atoms with E-state index in [-0.39, 0.29) is 11.6 Å². The zero-order valence-corrected chi connectivity index (χ0v) is 19.3. The van der Waals surface area contributed by atoms with Crippen LogP contribution in [0.2, 0.25) is 0 Å². The molecule has 5 rings (SSSR count). The molecule has 0 aliphatic carbocycles. The lowest BCUT2D eigenvalue weighted by molar-refractivity contribution is 0.400. The number of anilines is 2. The zero-order chi connectivity index (χ0) is 24.6. The van der Waals surface area contributed by atoms with Crippen LogP contribution < -0.4 is 19.7 Å². The van der Waals surface area contributed by atoms with Crippen molar-refractivity contribution < 1.29 is 21.9 Å². The molecule has 0 amide bonds. The van der Waals surface area contributed by atoms with E-state index in [1.807, 2.05) is 0 Å². The van der Waals surface area contributed by atoms with Crippen molar-refractivity contribution in [2.24, 2.45) is 0 Å². The van der Waals surface area contributed by atoms with Gasteiger partial charge in [-0.15, -0.1) is 5.10 Å². The minimum absolute atomic E-state index is 0.0437. The maximum atomic E-state index is 14.1. The number of pyridine rings is 1. The molecule has 4 aromatic rings. The number of methoxy groups -OCH3 is 1. The van der Waals surface area contributed by atoms with Crippen molar-refractivity contribution in [3.05, 3.63) is 54.6 Å². The molecule has 182 valence electrons. The number of fused-ring (bicyclic) bond motifs is 1. The second kappa shape index (κ2) is 9.03. The highest BCUT2D eigenvalue weighted by molar-refractivity contribution is 7.92. The fraction of sp³-hybridized carbons (Fsp3) is 0.238. The van der Waals surface area contributed by atoms with Crippen LogP contribution in [0.3, 0.4) is 0 Å². The smallest absolute Gasteiger partial charge is 0.264 e. The summed E-state index contributed by atoms with van der Waals surface area (Å²) in [5, 5.41) is 8.49. The van der Waals surface area contributed by atoms with Gasteiger partial charge >= 0.3 is 0 Å². The Morgan fingerprint density at radius 3 is 2.66 bits per heavy atom. The zero-order valence-electron chi connectivity index (χ0n) is 18.4. The summed E-state index contributed by atoms with van der Waals surface area (Å²) in [5.41, 5.74) is 0.800. The summed E-state index contributed by atoms with van der Waals surface area (Å²) in [6.45, 7) is 3.24. The van der Waals surface area contributed by atoms with E-state index in [1.165, 1.54) is 30.4 Å². The number of sulfonamides is 1. The van der Waals surface area contributed by atoms with Gasteiger partial charge in [0.05, 0.1) is 24.4 Å².